The van der Waals surface area contributed by atoms with Crippen LogP contribution in [-0.2, 0) is 19.1 Å². The predicted molar refractivity (Wildman–Crippen MR) is 242 cm³/mol. The number of amides is 2. The van der Waals surface area contributed by atoms with Gasteiger partial charge in [0.25, 0.3) is 0 Å². The van der Waals surface area contributed by atoms with Gasteiger partial charge in [0.15, 0.2) is 0 Å². The molecule has 6 rings (SSSR count). The summed E-state index contributed by atoms with van der Waals surface area (Å²) < 4.78 is 11.2. The number of unbranched alkanes of at least 4 members (excludes halogenated alkanes) is 18. The van der Waals surface area contributed by atoms with Gasteiger partial charge in [-0.1, -0.05) is 178 Å². The quantitative estimate of drug-likeness (QED) is 0.0329. The minimum absolute atomic E-state index is 0.0936. The Kier molecular flexibility index (Phi) is 17.6. The summed E-state index contributed by atoms with van der Waals surface area (Å²) in [6, 6.07) is 20.4. The second kappa shape index (κ2) is 23.5. The lowest BCUT2D eigenvalue weighted by Gasteiger charge is -2.22. The summed E-state index contributed by atoms with van der Waals surface area (Å²) in [5.74, 6) is -1.44. The smallest absolute Gasteiger partial charge is 0.338 e. The molecule has 3 aromatic rings. The molecule has 3 aromatic carbocycles. The van der Waals surface area contributed by atoms with Gasteiger partial charge >= 0.3 is 11.9 Å². The summed E-state index contributed by atoms with van der Waals surface area (Å²) in [5, 5.41) is 0. The third kappa shape index (κ3) is 11.9. The molecule has 7 heteroatoms. The van der Waals surface area contributed by atoms with E-state index in [-0.39, 0.29) is 47.4 Å². The third-order valence-corrected chi connectivity index (χ3v) is 13.1. The summed E-state index contributed by atoms with van der Waals surface area (Å²) in [7, 11) is 0. The van der Waals surface area contributed by atoms with E-state index in [1.54, 1.807) is 24.3 Å². The lowest BCUT2D eigenvalue weighted by molar-refractivity contribution is -0.123. The molecule has 2 amide bonds. The average molecular weight is 816 g/mol. The number of nitrogens with zero attached hydrogens (tertiary/aromatic N) is 1. The third-order valence-electron chi connectivity index (χ3n) is 13.1. The fourth-order valence-corrected chi connectivity index (χ4v) is 9.54. The Morgan fingerprint density at radius 1 is 0.500 bits per heavy atom. The molecule has 60 heavy (non-hydrogen) atoms. The maximum atomic E-state index is 14.1. The van der Waals surface area contributed by atoms with Crippen molar-refractivity contribution in [3.05, 3.63) is 90.0 Å². The molecule has 3 aliphatic rings. The fourth-order valence-electron chi connectivity index (χ4n) is 9.54. The fraction of sp³-hybridized carbons (Fsp3) is 0.547. The van der Waals surface area contributed by atoms with Crippen LogP contribution in [0.3, 0.4) is 0 Å². The minimum atomic E-state index is -0.347. The molecule has 0 spiro atoms. The minimum Gasteiger partial charge on any atom is -0.462 e. The summed E-state index contributed by atoms with van der Waals surface area (Å²) in [6.45, 7) is 5.31. The van der Waals surface area contributed by atoms with Crippen molar-refractivity contribution in [2.24, 2.45) is 23.7 Å². The van der Waals surface area contributed by atoms with Crippen molar-refractivity contribution in [3.8, 4) is 22.3 Å². The van der Waals surface area contributed by atoms with Gasteiger partial charge in [-0.3, -0.25) is 9.59 Å². The Morgan fingerprint density at radius 3 is 1.32 bits per heavy atom. The van der Waals surface area contributed by atoms with Crippen LogP contribution in [0.5, 0.6) is 0 Å². The van der Waals surface area contributed by atoms with Crippen molar-refractivity contribution in [1.82, 2.24) is 0 Å². The van der Waals surface area contributed by atoms with Gasteiger partial charge in [-0.2, -0.15) is 0 Å². The van der Waals surface area contributed by atoms with Crippen LogP contribution in [0.2, 0.25) is 0 Å². The Balaban J connectivity index is 1.06. The van der Waals surface area contributed by atoms with E-state index in [4.69, 9.17) is 9.47 Å². The monoisotopic (exact) mass is 816 g/mol. The summed E-state index contributed by atoms with van der Waals surface area (Å²) in [4.78, 5) is 55.4. The summed E-state index contributed by atoms with van der Waals surface area (Å²) in [6.07, 6.45) is 29.5. The Morgan fingerprint density at radius 2 is 0.883 bits per heavy atom. The number of esters is 2. The van der Waals surface area contributed by atoms with Gasteiger partial charge in [-0.05, 0) is 78.1 Å². The molecule has 0 unspecified atom stereocenters. The zero-order chi connectivity index (χ0) is 42.1. The maximum Gasteiger partial charge on any atom is 0.338 e. The van der Waals surface area contributed by atoms with E-state index in [2.05, 4.69) is 26.0 Å². The number of hydrogen-bond acceptors (Lipinski definition) is 6. The van der Waals surface area contributed by atoms with Crippen LogP contribution in [-0.4, -0.2) is 37.0 Å². The maximum absolute atomic E-state index is 14.1. The highest BCUT2D eigenvalue weighted by Crippen LogP contribution is 2.54. The molecule has 2 fully saturated rings. The Bertz CT molecular complexity index is 1850. The highest BCUT2D eigenvalue weighted by molar-refractivity contribution is 6.24. The van der Waals surface area contributed by atoms with Crippen molar-refractivity contribution in [3.63, 3.8) is 0 Å². The number of benzene rings is 3. The molecule has 0 N–H and O–H groups in total. The summed E-state index contributed by atoms with van der Waals surface area (Å²) >= 11 is 0. The number of hydrogen-bond donors (Lipinski definition) is 0. The van der Waals surface area contributed by atoms with E-state index in [0.29, 0.717) is 30.0 Å². The van der Waals surface area contributed by atoms with Gasteiger partial charge in [0.1, 0.15) is 0 Å². The number of anilines is 1. The molecule has 2 bridgehead atoms. The molecule has 1 saturated heterocycles. The number of carbonyl (C=O) groups is 4. The van der Waals surface area contributed by atoms with Crippen molar-refractivity contribution >= 4 is 29.4 Å². The van der Waals surface area contributed by atoms with Crippen molar-refractivity contribution in [2.75, 3.05) is 18.1 Å². The lowest BCUT2D eigenvalue weighted by Crippen LogP contribution is -2.33. The number of carbonyl (C=O) groups excluding carboxylic acids is 4. The molecule has 0 radical (unpaired) electrons. The van der Waals surface area contributed by atoms with Gasteiger partial charge in [0.2, 0.25) is 11.8 Å². The van der Waals surface area contributed by atoms with Crippen LogP contribution in [0.4, 0.5) is 5.69 Å². The van der Waals surface area contributed by atoms with Gasteiger partial charge in [0, 0.05) is 5.56 Å². The molecule has 7 nitrogen and oxygen atoms in total. The molecule has 1 heterocycles. The standard InChI is InChI=1S/C53H69NO6/c1-3-5-7-9-11-13-15-17-19-21-35-59-52(57)41-27-23-39(24-28-41)43-33-34-46(47(38-43)54-50(55)48-44-31-32-45(37-44)49(48)51(54)56)40-25-29-42(30-26-40)53(58)60-36-22-20-18-16-14-12-10-8-6-4-2/h23-34,38,44-45,48-49H,3-22,35-37H2,1-2H3/t44-,45+,48+,49-. The van der Waals surface area contributed by atoms with Crippen molar-refractivity contribution < 1.29 is 28.7 Å². The molecule has 0 aromatic heterocycles. The SMILES string of the molecule is CCCCCCCCCCCCOC(=O)c1ccc(-c2ccc(-c3ccc(C(=O)OCCCCCCCCCCCC)cc3)c(N3C(=O)[C@@H]4[C@H](C3=O)[C@H]3C=C[C@@H]4C3)c2)cc1. The van der Waals surface area contributed by atoms with Crippen LogP contribution >= 0.6 is 0 Å². The number of rotatable bonds is 27. The average Bonchev–Trinajstić information content (AvgIpc) is 3.97. The number of allylic oxidation sites excluding steroid dienone is 2. The molecule has 1 saturated carbocycles. The van der Waals surface area contributed by atoms with Crippen LogP contribution in [0, 0.1) is 23.7 Å². The van der Waals surface area contributed by atoms with E-state index >= 15 is 0 Å². The van der Waals surface area contributed by atoms with Gasteiger partial charge in [-0.15, -0.1) is 0 Å². The molecule has 1 aliphatic heterocycles. The highest BCUT2D eigenvalue weighted by atomic mass is 16.5. The molecule has 4 atom stereocenters. The highest BCUT2D eigenvalue weighted by Gasteiger charge is 2.59. The molecular weight excluding hydrogens is 747 g/mol. The van der Waals surface area contributed by atoms with E-state index < -0.39 is 0 Å². The van der Waals surface area contributed by atoms with E-state index in [0.717, 1.165) is 54.4 Å². The zero-order valence-corrected chi connectivity index (χ0v) is 36.5. The van der Waals surface area contributed by atoms with Gasteiger partial charge < -0.3 is 9.47 Å². The van der Waals surface area contributed by atoms with E-state index in [1.165, 1.54) is 108 Å². The van der Waals surface area contributed by atoms with Crippen LogP contribution < -0.4 is 4.90 Å². The Hall–Kier alpha value is -4.52. The second-order valence-electron chi connectivity index (χ2n) is 17.5. The second-order valence-corrected chi connectivity index (χ2v) is 17.5. The van der Waals surface area contributed by atoms with E-state index in [9.17, 15) is 19.2 Å². The van der Waals surface area contributed by atoms with Crippen LogP contribution in [0.1, 0.15) is 169 Å². The van der Waals surface area contributed by atoms with E-state index in [1.807, 2.05) is 42.5 Å². The Labute approximate surface area is 359 Å². The first kappa shape index (κ1) is 45.0. The molecule has 322 valence electrons. The number of imide groups is 1. The first-order chi connectivity index (χ1) is 29.4. The summed E-state index contributed by atoms with van der Waals surface area (Å²) in [5.41, 5.74) is 4.70. The number of fused-ring (bicyclic) bond motifs is 5. The first-order valence-corrected chi connectivity index (χ1v) is 23.7. The number of ether oxygens (including phenoxy) is 2. The predicted octanol–water partition coefficient (Wildman–Crippen LogP) is 13.5. The van der Waals surface area contributed by atoms with Crippen LogP contribution in [0.15, 0.2) is 78.9 Å². The topological polar surface area (TPSA) is 90.0 Å². The first-order valence-electron chi connectivity index (χ1n) is 23.7. The molecular formula is C53H69NO6. The van der Waals surface area contributed by atoms with Gasteiger partial charge in [0.05, 0.1) is 41.9 Å². The molecule has 2 aliphatic carbocycles. The lowest BCUT2D eigenvalue weighted by atomic mass is 9.85. The van der Waals surface area contributed by atoms with Crippen molar-refractivity contribution in [2.45, 2.75) is 149 Å². The van der Waals surface area contributed by atoms with Gasteiger partial charge in [-0.25, -0.2) is 14.5 Å². The normalized spacial score (nSPS) is 19.0. The van der Waals surface area contributed by atoms with Crippen molar-refractivity contribution in [1.29, 1.82) is 0 Å². The zero-order valence-electron chi connectivity index (χ0n) is 36.5. The van der Waals surface area contributed by atoms with Crippen LogP contribution in [0.25, 0.3) is 22.3 Å². The largest absolute Gasteiger partial charge is 0.462 e.